The Balaban J connectivity index is 1.27. The van der Waals surface area contributed by atoms with Crippen molar-refractivity contribution in [3.8, 4) is 6.07 Å². The molecule has 0 spiro atoms. The zero-order chi connectivity index (χ0) is 31.1. The smallest absolute Gasteiger partial charge is 0.407 e. The maximum Gasteiger partial charge on any atom is 0.407 e. The predicted molar refractivity (Wildman–Crippen MR) is 169 cm³/mol. The molecule has 3 aliphatic rings. The number of carbonyl (C=O) groups is 1. The summed E-state index contributed by atoms with van der Waals surface area (Å²) in [6, 6.07) is 8.21. The van der Waals surface area contributed by atoms with Gasteiger partial charge in [0.25, 0.3) is 0 Å². The summed E-state index contributed by atoms with van der Waals surface area (Å²) in [5.41, 5.74) is 3.85. The van der Waals surface area contributed by atoms with E-state index < -0.39 is 5.60 Å². The quantitative estimate of drug-likeness (QED) is 0.366. The number of anilines is 3. The number of nitrogens with one attached hydrogen (secondary N) is 1. The molecule has 0 aliphatic carbocycles. The molecule has 44 heavy (non-hydrogen) atoms. The van der Waals surface area contributed by atoms with Gasteiger partial charge in [-0.3, -0.25) is 0 Å². The van der Waals surface area contributed by atoms with Gasteiger partial charge in [0.15, 0.2) is 23.2 Å². The number of ether oxygens (including phenoxy) is 2. The van der Waals surface area contributed by atoms with E-state index >= 15 is 0 Å². The summed E-state index contributed by atoms with van der Waals surface area (Å²) in [6.07, 6.45) is 7.10. The summed E-state index contributed by atoms with van der Waals surface area (Å²) in [5, 5.41) is 17.6. The van der Waals surface area contributed by atoms with Crippen molar-refractivity contribution < 1.29 is 14.3 Å². The van der Waals surface area contributed by atoms with Gasteiger partial charge in [0.2, 0.25) is 0 Å². The number of rotatable bonds is 5. The number of fused-ring (bicyclic) bond motifs is 2. The number of nitrogens with zero attached hydrogens (tertiary/aromatic N) is 7. The molecular weight excluding hydrogens is 556 g/mol. The number of hydrogen-bond acceptors (Lipinski definition) is 9. The van der Waals surface area contributed by atoms with Crippen LogP contribution in [0.3, 0.4) is 0 Å². The second kappa shape index (κ2) is 11.9. The SMILES string of the molecule is CC1CCN(c2nn(C3CCCCO3)c3nc(N4CCC(C)(CNC(=O)OC(C)(C)C)CC4)cnc23)c2ccc(C#N)cc21. The van der Waals surface area contributed by atoms with Crippen molar-refractivity contribution in [1.82, 2.24) is 25.1 Å². The molecule has 234 valence electrons. The summed E-state index contributed by atoms with van der Waals surface area (Å²) in [7, 11) is 0. The van der Waals surface area contributed by atoms with Crippen molar-refractivity contribution in [1.29, 1.82) is 5.26 Å². The predicted octanol–water partition coefficient (Wildman–Crippen LogP) is 6.17. The lowest BCUT2D eigenvalue weighted by Gasteiger charge is -2.40. The van der Waals surface area contributed by atoms with Crippen molar-refractivity contribution in [2.24, 2.45) is 5.41 Å². The Kier molecular flexibility index (Phi) is 8.14. The summed E-state index contributed by atoms with van der Waals surface area (Å²) in [6.45, 7) is 13.8. The first kappa shape index (κ1) is 30.1. The molecule has 2 unspecified atom stereocenters. The minimum absolute atomic E-state index is 0.0278. The van der Waals surface area contributed by atoms with Gasteiger partial charge in [-0.2, -0.15) is 5.26 Å². The van der Waals surface area contributed by atoms with Crippen molar-refractivity contribution in [3.63, 3.8) is 0 Å². The molecule has 1 aromatic carbocycles. The maximum atomic E-state index is 12.2. The molecule has 11 nitrogen and oxygen atoms in total. The Morgan fingerprint density at radius 2 is 2.00 bits per heavy atom. The Morgan fingerprint density at radius 3 is 2.70 bits per heavy atom. The number of hydrogen-bond donors (Lipinski definition) is 1. The van der Waals surface area contributed by atoms with Gasteiger partial charge in [-0.25, -0.2) is 19.4 Å². The second-order valence-electron chi connectivity index (χ2n) is 13.9. The molecule has 1 N–H and O–H groups in total. The van der Waals surface area contributed by atoms with Crippen LogP contribution in [-0.2, 0) is 9.47 Å². The van der Waals surface area contributed by atoms with Gasteiger partial charge in [-0.15, -0.1) is 5.10 Å². The summed E-state index contributed by atoms with van der Waals surface area (Å²) in [5.74, 6) is 1.96. The van der Waals surface area contributed by atoms with Crippen molar-refractivity contribution in [3.05, 3.63) is 35.5 Å². The fourth-order valence-electron chi connectivity index (χ4n) is 6.47. The third kappa shape index (κ3) is 6.18. The van der Waals surface area contributed by atoms with Crippen molar-refractivity contribution >= 4 is 34.6 Å². The molecule has 2 atom stereocenters. The Labute approximate surface area is 259 Å². The molecular formula is C33H44N8O3. The number of carbonyl (C=O) groups excluding carboxylic acids is 1. The third-order valence-corrected chi connectivity index (χ3v) is 9.17. The molecule has 3 aromatic rings. The van der Waals surface area contributed by atoms with Gasteiger partial charge < -0.3 is 24.6 Å². The largest absolute Gasteiger partial charge is 0.444 e. The van der Waals surface area contributed by atoms with Crippen LogP contribution in [0.5, 0.6) is 0 Å². The second-order valence-corrected chi connectivity index (χ2v) is 13.9. The highest BCUT2D eigenvalue weighted by Gasteiger charge is 2.34. The van der Waals surface area contributed by atoms with E-state index in [0.29, 0.717) is 24.6 Å². The van der Waals surface area contributed by atoms with E-state index in [2.05, 4.69) is 35.0 Å². The van der Waals surface area contributed by atoms with Crippen LogP contribution >= 0.6 is 0 Å². The first-order valence-corrected chi connectivity index (χ1v) is 15.9. The first-order chi connectivity index (χ1) is 21.0. The Morgan fingerprint density at radius 1 is 1.20 bits per heavy atom. The number of alkyl carbamates (subject to hydrolysis) is 1. The van der Waals surface area contributed by atoms with E-state index in [-0.39, 0.29) is 17.7 Å². The topological polar surface area (TPSA) is 121 Å². The van der Waals surface area contributed by atoms with E-state index in [9.17, 15) is 10.1 Å². The van der Waals surface area contributed by atoms with Crippen LogP contribution in [0, 0.1) is 16.7 Å². The fraction of sp³-hybridized carbons (Fsp3) is 0.606. The Bertz CT molecular complexity index is 1560. The molecule has 5 heterocycles. The molecule has 6 rings (SSSR count). The van der Waals surface area contributed by atoms with E-state index in [4.69, 9.17) is 24.5 Å². The maximum absolute atomic E-state index is 12.2. The monoisotopic (exact) mass is 600 g/mol. The minimum atomic E-state index is -0.516. The standard InChI is InChI=1S/C33H44N8O3/c1-22-11-14-40(25-10-9-23(19-34)18-24(22)25)30-28-29(41(38-30)27-8-6-7-17-43-27)37-26(20-35-28)39-15-12-33(5,13-16-39)21-36-31(42)44-32(2,3)4/h9-10,18,20,22,27H,6-8,11-17,21H2,1-5H3,(H,36,42). The van der Waals surface area contributed by atoms with E-state index in [1.165, 1.54) is 0 Å². The van der Waals surface area contributed by atoms with Gasteiger partial charge >= 0.3 is 6.09 Å². The van der Waals surface area contributed by atoms with Crippen LogP contribution in [-0.4, -0.2) is 64.2 Å². The zero-order valence-electron chi connectivity index (χ0n) is 26.6. The normalized spacial score (nSPS) is 21.9. The fourth-order valence-corrected chi connectivity index (χ4v) is 6.47. The Hall–Kier alpha value is -3.91. The van der Waals surface area contributed by atoms with Crippen LogP contribution in [0.1, 0.15) is 96.4 Å². The summed E-state index contributed by atoms with van der Waals surface area (Å²) >= 11 is 0. The average molecular weight is 601 g/mol. The average Bonchev–Trinajstić information content (AvgIpc) is 3.39. The van der Waals surface area contributed by atoms with Crippen molar-refractivity contribution in [2.45, 2.75) is 90.9 Å². The van der Waals surface area contributed by atoms with E-state index in [1.54, 1.807) is 0 Å². The molecule has 1 amide bonds. The van der Waals surface area contributed by atoms with Gasteiger partial charge in [-0.1, -0.05) is 13.8 Å². The van der Waals surface area contributed by atoms with Crippen LogP contribution in [0.15, 0.2) is 24.4 Å². The number of piperidine rings is 1. The third-order valence-electron chi connectivity index (χ3n) is 9.17. The van der Waals surface area contributed by atoms with Crippen LogP contribution in [0.2, 0.25) is 0 Å². The number of nitriles is 1. The van der Waals surface area contributed by atoms with Crippen molar-refractivity contribution in [2.75, 3.05) is 42.6 Å². The molecule has 2 aromatic heterocycles. The molecule has 2 fully saturated rings. The lowest BCUT2D eigenvalue weighted by molar-refractivity contribution is -0.0368. The summed E-state index contributed by atoms with van der Waals surface area (Å²) < 4.78 is 13.6. The highest BCUT2D eigenvalue weighted by atomic mass is 16.6. The summed E-state index contributed by atoms with van der Waals surface area (Å²) in [4.78, 5) is 26.9. The highest BCUT2D eigenvalue weighted by molar-refractivity contribution is 5.88. The number of aromatic nitrogens is 4. The van der Waals surface area contributed by atoms with Gasteiger partial charge in [0.1, 0.15) is 11.4 Å². The lowest BCUT2D eigenvalue weighted by atomic mass is 9.80. The number of benzene rings is 1. The van der Waals surface area contributed by atoms with Gasteiger partial charge in [0, 0.05) is 38.5 Å². The lowest BCUT2D eigenvalue weighted by Crippen LogP contribution is -2.46. The molecule has 2 saturated heterocycles. The molecule has 3 aliphatic heterocycles. The zero-order valence-corrected chi connectivity index (χ0v) is 26.6. The van der Waals surface area contributed by atoms with Gasteiger partial charge in [0.05, 0.1) is 17.8 Å². The van der Waals surface area contributed by atoms with Crippen LogP contribution in [0.25, 0.3) is 11.2 Å². The minimum Gasteiger partial charge on any atom is -0.444 e. The number of amides is 1. The van der Waals surface area contributed by atoms with E-state index in [1.807, 2.05) is 49.8 Å². The molecule has 0 saturated carbocycles. The molecule has 0 radical (unpaired) electrons. The van der Waals surface area contributed by atoms with Crippen LogP contribution < -0.4 is 15.1 Å². The molecule has 11 heteroatoms. The highest BCUT2D eigenvalue weighted by Crippen LogP contribution is 2.42. The van der Waals surface area contributed by atoms with Crippen LogP contribution in [0.4, 0.5) is 22.1 Å². The van der Waals surface area contributed by atoms with Gasteiger partial charge in [-0.05, 0) is 94.4 Å². The van der Waals surface area contributed by atoms with E-state index in [0.717, 1.165) is 92.2 Å². The first-order valence-electron chi connectivity index (χ1n) is 15.9. The molecule has 0 bridgehead atoms.